The van der Waals surface area contributed by atoms with E-state index in [1.807, 2.05) is 31.2 Å². The van der Waals surface area contributed by atoms with E-state index in [2.05, 4.69) is 21.2 Å². The molecule has 1 amide bonds. The van der Waals surface area contributed by atoms with Crippen LogP contribution in [0.4, 0.5) is 0 Å². The van der Waals surface area contributed by atoms with E-state index in [4.69, 9.17) is 5.73 Å². The van der Waals surface area contributed by atoms with Crippen LogP contribution in [0.1, 0.15) is 44.2 Å². The number of rotatable bonds is 4. The minimum absolute atomic E-state index is 0.00836. The number of nitrogens with one attached hydrogen (secondary N) is 1. The molecule has 4 heteroatoms. The second-order valence-corrected chi connectivity index (χ2v) is 6.36. The Kier molecular flexibility index (Phi) is 4.63. The van der Waals surface area contributed by atoms with Gasteiger partial charge in [-0.1, -0.05) is 40.9 Å². The van der Waals surface area contributed by atoms with Gasteiger partial charge in [-0.05, 0) is 37.5 Å². The summed E-state index contributed by atoms with van der Waals surface area (Å²) >= 11 is 3.45. The number of hydrogen-bond donors (Lipinski definition) is 2. The highest BCUT2D eigenvalue weighted by molar-refractivity contribution is 9.10. The number of benzene rings is 1. The summed E-state index contributed by atoms with van der Waals surface area (Å²) in [7, 11) is 0. The summed E-state index contributed by atoms with van der Waals surface area (Å²) in [5.41, 5.74) is 6.61. The molecular weight excluding hydrogens is 304 g/mol. The van der Waals surface area contributed by atoms with Gasteiger partial charge >= 0.3 is 0 Å². The number of carbonyl (C=O) groups excluding carboxylic acids is 1. The predicted molar refractivity (Wildman–Crippen MR) is 80.7 cm³/mol. The lowest BCUT2D eigenvalue weighted by Crippen LogP contribution is -2.44. The summed E-state index contributed by atoms with van der Waals surface area (Å²) in [4.78, 5) is 12.5. The largest absolute Gasteiger partial charge is 0.349 e. The van der Waals surface area contributed by atoms with E-state index in [0.717, 1.165) is 35.7 Å². The van der Waals surface area contributed by atoms with Crippen LogP contribution in [-0.2, 0) is 4.79 Å². The second-order valence-electron chi connectivity index (χ2n) is 5.44. The maximum Gasteiger partial charge on any atom is 0.227 e. The number of halogens is 1. The topological polar surface area (TPSA) is 55.1 Å². The van der Waals surface area contributed by atoms with Crippen LogP contribution in [0.15, 0.2) is 28.7 Å². The lowest BCUT2D eigenvalue weighted by Gasteiger charge is -2.28. The van der Waals surface area contributed by atoms with Crippen molar-refractivity contribution in [3.05, 3.63) is 34.3 Å². The number of hydrogen-bond acceptors (Lipinski definition) is 2. The van der Waals surface area contributed by atoms with Crippen molar-refractivity contribution in [1.82, 2.24) is 5.32 Å². The van der Waals surface area contributed by atoms with Gasteiger partial charge in [-0.2, -0.15) is 0 Å². The normalized spacial score (nSPS) is 19.1. The van der Waals surface area contributed by atoms with E-state index in [1.165, 1.54) is 0 Å². The first kappa shape index (κ1) is 14.5. The minimum Gasteiger partial charge on any atom is -0.349 e. The molecule has 1 aliphatic carbocycles. The SMILES string of the molecule is C[C@@H](NC(=O)C1(CN)CCCC1)c1cccc(Br)c1. The first-order valence-corrected chi connectivity index (χ1v) is 7.63. The molecule has 0 aromatic heterocycles. The number of amides is 1. The molecule has 1 aliphatic rings. The second kappa shape index (κ2) is 6.06. The maximum atomic E-state index is 12.5. The highest BCUT2D eigenvalue weighted by atomic mass is 79.9. The average Bonchev–Trinajstić information content (AvgIpc) is 2.88. The van der Waals surface area contributed by atoms with Gasteiger partial charge in [0, 0.05) is 11.0 Å². The summed E-state index contributed by atoms with van der Waals surface area (Å²) in [6, 6.07) is 8.04. The Bertz CT molecular complexity index is 455. The Morgan fingerprint density at radius 1 is 1.47 bits per heavy atom. The number of nitrogens with two attached hydrogens (primary N) is 1. The summed E-state index contributed by atoms with van der Waals surface area (Å²) < 4.78 is 1.03. The van der Waals surface area contributed by atoms with Crippen LogP contribution in [0.2, 0.25) is 0 Å². The Labute approximate surface area is 123 Å². The molecule has 1 aromatic carbocycles. The van der Waals surface area contributed by atoms with E-state index < -0.39 is 0 Å². The molecule has 1 fully saturated rings. The molecule has 0 aliphatic heterocycles. The van der Waals surface area contributed by atoms with E-state index in [9.17, 15) is 4.79 Å². The molecular formula is C15H21BrN2O. The standard InChI is InChI=1S/C15H21BrN2O/c1-11(12-5-4-6-13(16)9-12)18-14(19)15(10-17)7-2-3-8-15/h4-6,9,11H,2-3,7-8,10,17H2,1H3,(H,18,19)/t11-/m1/s1. The van der Waals surface area contributed by atoms with E-state index >= 15 is 0 Å². The maximum absolute atomic E-state index is 12.5. The van der Waals surface area contributed by atoms with Crippen LogP contribution in [0.3, 0.4) is 0 Å². The van der Waals surface area contributed by atoms with Crippen molar-refractivity contribution < 1.29 is 4.79 Å². The molecule has 1 aromatic rings. The highest BCUT2D eigenvalue weighted by Crippen LogP contribution is 2.37. The van der Waals surface area contributed by atoms with Gasteiger partial charge in [0.05, 0.1) is 11.5 Å². The van der Waals surface area contributed by atoms with Gasteiger partial charge in [-0.15, -0.1) is 0 Å². The van der Waals surface area contributed by atoms with Gasteiger partial charge in [0.25, 0.3) is 0 Å². The van der Waals surface area contributed by atoms with Crippen LogP contribution in [0, 0.1) is 5.41 Å². The van der Waals surface area contributed by atoms with Crippen LogP contribution < -0.4 is 11.1 Å². The zero-order valence-electron chi connectivity index (χ0n) is 11.3. The molecule has 0 radical (unpaired) electrons. The van der Waals surface area contributed by atoms with Gasteiger partial charge in [0.1, 0.15) is 0 Å². The van der Waals surface area contributed by atoms with Gasteiger partial charge in [-0.25, -0.2) is 0 Å². The highest BCUT2D eigenvalue weighted by Gasteiger charge is 2.40. The van der Waals surface area contributed by atoms with Crippen molar-refractivity contribution in [2.45, 2.75) is 38.6 Å². The van der Waals surface area contributed by atoms with Gasteiger partial charge in [-0.3, -0.25) is 4.79 Å². The van der Waals surface area contributed by atoms with Crippen molar-refractivity contribution >= 4 is 21.8 Å². The van der Waals surface area contributed by atoms with Crippen LogP contribution in [-0.4, -0.2) is 12.5 Å². The fourth-order valence-electron chi connectivity index (χ4n) is 2.78. The lowest BCUT2D eigenvalue weighted by atomic mass is 9.85. The van der Waals surface area contributed by atoms with E-state index in [1.54, 1.807) is 0 Å². The Morgan fingerprint density at radius 3 is 2.74 bits per heavy atom. The molecule has 1 atom stereocenters. The summed E-state index contributed by atoms with van der Waals surface area (Å²) in [6.07, 6.45) is 4.05. The van der Waals surface area contributed by atoms with E-state index in [-0.39, 0.29) is 17.4 Å². The molecule has 0 spiro atoms. The zero-order chi connectivity index (χ0) is 13.9. The third kappa shape index (κ3) is 3.18. The molecule has 3 N–H and O–H groups in total. The Hall–Kier alpha value is -0.870. The smallest absolute Gasteiger partial charge is 0.227 e. The first-order valence-electron chi connectivity index (χ1n) is 6.84. The fraction of sp³-hybridized carbons (Fsp3) is 0.533. The number of carbonyl (C=O) groups is 1. The molecule has 0 bridgehead atoms. The molecule has 0 unspecified atom stereocenters. The van der Waals surface area contributed by atoms with Crippen LogP contribution in [0.25, 0.3) is 0 Å². The molecule has 3 nitrogen and oxygen atoms in total. The van der Waals surface area contributed by atoms with Crippen molar-refractivity contribution in [1.29, 1.82) is 0 Å². The quantitative estimate of drug-likeness (QED) is 0.893. The van der Waals surface area contributed by atoms with Crippen molar-refractivity contribution in [2.75, 3.05) is 6.54 Å². The third-order valence-electron chi connectivity index (χ3n) is 4.13. The first-order chi connectivity index (χ1) is 9.07. The van der Waals surface area contributed by atoms with Gasteiger partial charge < -0.3 is 11.1 Å². The van der Waals surface area contributed by atoms with Crippen LogP contribution >= 0.6 is 15.9 Å². The lowest BCUT2D eigenvalue weighted by molar-refractivity contribution is -0.131. The monoisotopic (exact) mass is 324 g/mol. The molecule has 1 saturated carbocycles. The minimum atomic E-state index is -0.333. The van der Waals surface area contributed by atoms with Crippen molar-refractivity contribution in [2.24, 2.45) is 11.1 Å². The fourth-order valence-corrected chi connectivity index (χ4v) is 3.20. The van der Waals surface area contributed by atoms with Gasteiger partial charge in [0.2, 0.25) is 5.91 Å². The van der Waals surface area contributed by atoms with Crippen molar-refractivity contribution in [3.63, 3.8) is 0 Å². The van der Waals surface area contributed by atoms with E-state index in [0.29, 0.717) is 6.54 Å². The summed E-state index contributed by atoms with van der Waals surface area (Å²) in [6.45, 7) is 2.46. The molecule has 104 valence electrons. The van der Waals surface area contributed by atoms with Gasteiger partial charge in [0.15, 0.2) is 0 Å². The molecule has 0 heterocycles. The summed E-state index contributed by atoms with van der Waals surface area (Å²) in [5, 5.41) is 3.12. The predicted octanol–water partition coefficient (Wildman–Crippen LogP) is 3.15. The third-order valence-corrected chi connectivity index (χ3v) is 4.62. The summed E-state index contributed by atoms with van der Waals surface area (Å²) in [5.74, 6) is 0.111. The molecule has 19 heavy (non-hydrogen) atoms. The Balaban J connectivity index is 2.06. The van der Waals surface area contributed by atoms with Crippen LogP contribution in [0.5, 0.6) is 0 Å². The average molecular weight is 325 g/mol. The Morgan fingerprint density at radius 2 is 2.16 bits per heavy atom. The molecule has 2 rings (SSSR count). The van der Waals surface area contributed by atoms with Crippen molar-refractivity contribution in [3.8, 4) is 0 Å². The zero-order valence-corrected chi connectivity index (χ0v) is 12.9. The molecule has 0 saturated heterocycles.